The number of fused-ring (bicyclic) bond motifs is 1. The van der Waals surface area contributed by atoms with Crippen molar-refractivity contribution in [2.45, 2.75) is 33.2 Å². The maximum absolute atomic E-state index is 12.9. The average molecular weight is 405 g/mol. The molecule has 0 bridgehead atoms. The standard InChI is InChI=1S/C24H27N3O3/c1-16-8-7-9-17(2)24(16)25-22(29)15-26(4)23(30)14-21-20-11-6-5-10-19(20)12-13-27(21)18(3)28/h5-13,21H,14-15H2,1-4H3,(H,25,29)/t21-/m0/s1. The number of carbonyl (C=O) groups excluding carboxylic acids is 3. The number of carbonyl (C=O) groups is 3. The van der Waals surface area contributed by atoms with Gasteiger partial charge in [0.25, 0.3) is 0 Å². The van der Waals surface area contributed by atoms with Crippen molar-refractivity contribution in [3.63, 3.8) is 0 Å². The molecule has 1 N–H and O–H groups in total. The van der Waals surface area contributed by atoms with Crippen molar-refractivity contribution in [3.05, 3.63) is 70.9 Å². The van der Waals surface area contributed by atoms with Gasteiger partial charge in [-0.25, -0.2) is 0 Å². The van der Waals surface area contributed by atoms with E-state index in [2.05, 4.69) is 5.32 Å². The Kier molecular flexibility index (Phi) is 6.35. The van der Waals surface area contributed by atoms with Crippen LogP contribution < -0.4 is 5.32 Å². The smallest absolute Gasteiger partial charge is 0.243 e. The van der Waals surface area contributed by atoms with Gasteiger partial charge in [0.05, 0.1) is 19.0 Å². The third kappa shape index (κ3) is 4.59. The van der Waals surface area contributed by atoms with E-state index in [4.69, 9.17) is 0 Å². The lowest BCUT2D eigenvalue weighted by molar-refractivity contribution is -0.136. The predicted molar refractivity (Wildman–Crippen MR) is 118 cm³/mol. The zero-order valence-electron chi connectivity index (χ0n) is 17.8. The highest BCUT2D eigenvalue weighted by Gasteiger charge is 2.29. The SMILES string of the molecule is CC(=O)N1C=Cc2ccccc2[C@@H]1CC(=O)N(C)CC(=O)Nc1c(C)cccc1C. The van der Waals surface area contributed by atoms with E-state index in [1.54, 1.807) is 18.1 Å². The molecular formula is C24H27N3O3. The second kappa shape index (κ2) is 8.95. The molecule has 0 spiro atoms. The monoisotopic (exact) mass is 405 g/mol. The van der Waals surface area contributed by atoms with Gasteiger partial charge in [-0.3, -0.25) is 14.4 Å². The molecule has 0 radical (unpaired) electrons. The number of likely N-dealkylation sites (N-methyl/N-ethyl adjacent to an activating group) is 1. The summed E-state index contributed by atoms with van der Waals surface area (Å²) in [5.74, 6) is -0.586. The van der Waals surface area contributed by atoms with Gasteiger partial charge in [0.2, 0.25) is 17.7 Å². The first-order valence-corrected chi connectivity index (χ1v) is 9.94. The van der Waals surface area contributed by atoms with Crippen molar-refractivity contribution in [3.8, 4) is 0 Å². The molecule has 3 amide bonds. The van der Waals surface area contributed by atoms with Gasteiger partial charge in [-0.15, -0.1) is 0 Å². The summed E-state index contributed by atoms with van der Waals surface area (Å²) in [6, 6.07) is 13.1. The lowest BCUT2D eigenvalue weighted by Crippen LogP contribution is -2.39. The number of hydrogen-bond donors (Lipinski definition) is 1. The molecule has 156 valence electrons. The summed E-state index contributed by atoms with van der Waals surface area (Å²) in [4.78, 5) is 40.5. The molecule has 0 aliphatic carbocycles. The van der Waals surface area contributed by atoms with Crippen molar-refractivity contribution in [1.82, 2.24) is 9.80 Å². The third-order valence-corrected chi connectivity index (χ3v) is 5.39. The summed E-state index contributed by atoms with van der Waals surface area (Å²) < 4.78 is 0. The van der Waals surface area contributed by atoms with Crippen molar-refractivity contribution < 1.29 is 14.4 Å². The highest BCUT2D eigenvalue weighted by Crippen LogP contribution is 2.33. The molecule has 0 fully saturated rings. The number of nitrogens with one attached hydrogen (secondary N) is 1. The first kappa shape index (κ1) is 21.3. The molecule has 2 aromatic carbocycles. The molecule has 1 atom stereocenters. The lowest BCUT2D eigenvalue weighted by Gasteiger charge is -2.33. The minimum absolute atomic E-state index is 0.0586. The van der Waals surface area contributed by atoms with Gasteiger partial charge in [-0.1, -0.05) is 42.5 Å². The van der Waals surface area contributed by atoms with Gasteiger partial charge < -0.3 is 15.1 Å². The Labute approximate surface area is 177 Å². The Morgan fingerprint density at radius 1 is 1.03 bits per heavy atom. The summed E-state index contributed by atoms with van der Waals surface area (Å²) in [5.41, 5.74) is 4.64. The fourth-order valence-electron chi connectivity index (χ4n) is 3.73. The number of para-hydroxylation sites is 1. The number of rotatable bonds is 5. The first-order valence-electron chi connectivity index (χ1n) is 9.94. The average Bonchev–Trinajstić information content (AvgIpc) is 2.70. The van der Waals surface area contributed by atoms with Crippen LogP contribution in [0.3, 0.4) is 0 Å². The van der Waals surface area contributed by atoms with E-state index in [1.807, 2.05) is 62.4 Å². The number of nitrogens with zero attached hydrogens (tertiary/aromatic N) is 2. The molecule has 1 aliphatic heterocycles. The van der Waals surface area contributed by atoms with Crippen molar-refractivity contribution >= 4 is 29.5 Å². The molecule has 0 aromatic heterocycles. The summed E-state index contributed by atoms with van der Waals surface area (Å²) >= 11 is 0. The molecule has 3 rings (SSSR count). The maximum atomic E-state index is 12.9. The van der Waals surface area contributed by atoms with Crippen LogP contribution in [-0.2, 0) is 14.4 Å². The second-order valence-electron chi connectivity index (χ2n) is 7.66. The quantitative estimate of drug-likeness (QED) is 0.825. The largest absolute Gasteiger partial charge is 0.336 e. The Balaban J connectivity index is 1.69. The van der Waals surface area contributed by atoms with Gasteiger partial charge in [-0.2, -0.15) is 0 Å². The molecular weight excluding hydrogens is 378 g/mol. The van der Waals surface area contributed by atoms with Crippen molar-refractivity contribution in [1.29, 1.82) is 0 Å². The molecule has 0 saturated heterocycles. The van der Waals surface area contributed by atoms with Crippen molar-refractivity contribution in [2.24, 2.45) is 0 Å². The topological polar surface area (TPSA) is 69.7 Å². The maximum Gasteiger partial charge on any atom is 0.243 e. The zero-order valence-corrected chi connectivity index (χ0v) is 17.8. The van der Waals surface area contributed by atoms with Gasteiger partial charge in [0, 0.05) is 25.9 Å². The molecule has 6 heteroatoms. The van der Waals surface area contributed by atoms with E-state index in [1.165, 1.54) is 11.8 Å². The summed E-state index contributed by atoms with van der Waals surface area (Å²) in [6.07, 6.45) is 3.70. The van der Waals surface area contributed by atoms with Gasteiger partial charge >= 0.3 is 0 Å². The third-order valence-electron chi connectivity index (χ3n) is 5.39. The van der Waals surface area contributed by atoms with Crippen molar-refractivity contribution in [2.75, 3.05) is 18.9 Å². The van der Waals surface area contributed by atoms with Crippen LogP contribution in [0.2, 0.25) is 0 Å². The number of aryl methyl sites for hydroxylation is 2. The molecule has 0 unspecified atom stereocenters. The lowest BCUT2D eigenvalue weighted by atomic mass is 9.93. The molecule has 1 aliphatic rings. The Bertz CT molecular complexity index is 992. The van der Waals surface area contributed by atoms with Crippen LogP contribution in [0.4, 0.5) is 5.69 Å². The van der Waals surface area contributed by atoms with Crippen LogP contribution in [0.25, 0.3) is 6.08 Å². The minimum atomic E-state index is -0.389. The normalized spacial score (nSPS) is 14.8. The Morgan fingerprint density at radius 2 is 1.70 bits per heavy atom. The van der Waals surface area contributed by atoms with Gasteiger partial charge in [0.1, 0.15) is 0 Å². The predicted octanol–water partition coefficient (Wildman–Crippen LogP) is 3.66. The number of anilines is 1. The Hall–Kier alpha value is -3.41. The van der Waals surface area contributed by atoms with Crippen LogP contribution >= 0.6 is 0 Å². The highest BCUT2D eigenvalue weighted by atomic mass is 16.2. The minimum Gasteiger partial charge on any atom is -0.336 e. The van der Waals surface area contributed by atoms with Crippen LogP contribution in [-0.4, -0.2) is 41.1 Å². The molecule has 6 nitrogen and oxygen atoms in total. The van der Waals surface area contributed by atoms with E-state index in [0.717, 1.165) is 27.9 Å². The second-order valence-corrected chi connectivity index (χ2v) is 7.66. The van der Waals surface area contributed by atoms with Crippen LogP contribution in [0.1, 0.15) is 41.6 Å². The molecule has 30 heavy (non-hydrogen) atoms. The highest BCUT2D eigenvalue weighted by molar-refractivity contribution is 5.95. The van der Waals surface area contributed by atoms with Gasteiger partial charge in [0.15, 0.2) is 0 Å². The van der Waals surface area contributed by atoms with Gasteiger partial charge in [-0.05, 0) is 42.2 Å². The van der Waals surface area contributed by atoms with E-state index < -0.39 is 0 Å². The summed E-state index contributed by atoms with van der Waals surface area (Å²) in [6.45, 7) is 5.29. The summed E-state index contributed by atoms with van der Waals surface area (Å²) in [5, 5.41) is 2.90. The van der Waals surface area contributed by atoms with E-state index in [-0.39, 0.29) is 36.7 Å². The molecule has 1 heterocycles. The molecule has 2 aromatic rings. The fraction of sp³-hybridized carbons (Fsp3) is 0.292. The van der Waals surface area contributed by atoms with E-state index in [9.17, 15) is 14.4 Å². The number of benzene rings is 2. The van der Waals surface area contributed by atoms with Crippen LogP contribution in [0.15, 0.2) is 48.7 Å². The number of hydrogen-bond acceptors (Lipinski definition) is 3. The van der Waals surface area contributed by atoms with E-state index >= 15 is 0 Å². The summed E-state index contributed by atoms with van der Waals surface area (Å²) in [7, 11) is 1.61. The van der Waals surface area contributed by atoms with Crippen LogP contribution in [0, 0.1) is 13.8 Å². The Morgan fingerprint density at radius 3 is 2.37 bits per heavy atom. The van der Waals surface area contributed by atoms with E-state index in [0.29, 0.717) is 0 Å². The zero-order chi connectivity index (χ0) is 21.8. The van der Waals surface area contributed by atoms with Crippen LogP contribution in [0.5, 0.6) is 0 Å². The molecule has 0 saturated carbocycles. The first-order chi connectivity index (χ1) is 14.3. The number of amides is 3. The fourth-order valence-corrected chi connectivity index (χ4v) is 3.73.